The van der Waals surface area contributed by atoms with E-state index in [0.29, 0.717) is 6.04 Å². The molecule has 0 bridgehead atoms. The van der Waals surface area contributed by atoms with Gasteiger partial charge in [-0.25, -0.2) is 0 Å². The molecule has 4 heteroatoms. The summed E-state index contributed by atoms with van der Waals surface area (Å²) < 4.78 is 1.86. The molecule has 0 saturated carbocycles. The number of nitrogens with zero attached hydrogens (tertiary/aromatic N) is 2. The van der Waals surface area contributed by atoms with Crippen molar-refractivity contribution in [1.82, 2.24) is 15.1 Å². The molecule has 114 valence electrons. The second-order valence-corrected chi connectivity index (χ2v) is 6.62. The normalized spacial score (nSPS) is 12.6. The van der Waals surface area contributed by atoms with Gasteiger partial charge in [0.1, 0.15) is 0 Å². The summed E-state index contributed by atoms with van der Waals surface area (Å²) in [6, 6.07) is 7.13. The number of aryl methyl sites for hydroxylation is 3. The molecule has 21 heavy (non-hydrogen) atoms. The van der Waals surface area contributed by atoms with Gasteiger partial charge in [0.15, 0.2) is 0 Å². The van der Waals surface area contributed by atoms with Crippen LogP contribution in [0.4, 0.5) is 0 Å². The SMILES string of the molecule is CCCNC(CSc1cnn(C)c1)c1ccc(C)cc1C. The first-order valence-corrected chi connectivity index (χ1v) is 8.50. The van der Waals surface area contributed by atoms with Crippen LogP contribution in [0.5, 0.6) is 0 Å². The molecule has 0 radical (unpaired) electrons. The van der Waals surface area contributed by atoms with Crippen LogP contribution in [0, 0.1) is 13.8 Å². The van der Waals surface area contributed by atoms with Gasteiger partial charge in [0.25, 0.3) is 0 Å². The number of aromatic nitrogens is 2. The Labute approximate surface area is 132 Å². The van der Waals surface area contributed by atoms with Crippen molar-refractivity contribution in [2.45, 2.75) is 38.1 Å². The van der Waals surface area contributed by atoms with Gasteiger partial charge in [-0.1, -0.05) is 30.7 Å². The van der Waals surface area contributed by atoms with Crippen LogP contribution in [0.15, 0.2) is 35.5 Å². The molecule has 2 rings (SSSR count). The summed E-state index contributed by atoms with van der Waals surface area (Å²) in [5.41, 5.74) is 4.10. The third kappa shape index (κ3) is 4.61. The molecule has 0 aliphatic heterocycles. The molecule has 1 aromatic carbocycles. The molecular formula is C17H25N3S. The van der Waals surface area contributed by atoms with Crippen molar-refractivity contribution in [3.63, 3.8) is 0 Å². The van der Waals surface area contributed by atoms with Crippen molar-refractivity contribution < 1.29 is 0 Å². The topological polar surface area (TPSA) is 29.9 Å². The molecule has 0 amide bonds. The second-order valence-electron chi connectivity index (χ2n) is 5.53. The van der Waals surface area contributed by atoms with E-state index in [9.17, 15) is 0 Å². The molecule has 1 aromatic heterocycles. The highest BCUT2D eigenvalue weighted by Crippen LogP contribution is 2.26. The first-order chi connectivity index (χ1) is 10.1. The van der Waals surface area contributed by atoms with Crippen molar-refractivity contribution in [3.8, 4) is 0 Å². The number of nitrogens with one attached hydrogen (secondary N) is 1. The summed E-state index contributed by atoms with van der Waals surface area (Å²) in [5.74, 6) is 1.02. The smallest absolute Gasteiger partial charge is 0.0625 e. The van der Waals surface area contributed by atoms with Crippen molar-refractivity contribution in [2.24, 2.45) is 7.05 Å². The van der Waals surface area contributed by atoms with E-state index in [0.717, 1.165) is 18.7 Å². The van der Waals surface area contributed by atoms with Crippen molar-refractivity contribution in [3.05, 3.63) is 47.3 Å². The Kier molecular flexibility index (Phi) is 5.88. The highest BCUT2D eigenvalue weighted by Gasteiger charge is 2.14. The fraction of sp³-hybridized carbons (Fsp3) is 0.471. The highest BCUT2D eigenvalue weighted by molar-refractivity contribution is 7.99. The van der Waals surface area contributed by atoms with E-state index < -0.39 is 0 Å². The maximum atomic E-state index is 4.23. The highest BCUT2D eigenvalue weighted by atomic mass is 32.2. The zero-order valence-electron chi connectivity index (χ0n) is 13.4. The first kappa shape index (κ1) is 16.1. The number of hydrogen-bond donors (Lipinski definition) is 1. The minimum atomic E-state index is 0.385. The van der Waals surface area contributed by atoms with Gasteiger partial charge in [0.2, 0.25) is 0 Å². The van der Waals surface area contributed by atoms with Crippen LogP contribution in [-0.2, 0) is 7.05 Å². The summed E-state index contributed by atoms with van der Waals surface area (Å²) >= 11 is 1.86. The maximum Gasteiger partial charge on any atom is 0.0625 e. The molecular weight excluding hydrogens is 278 g/mol. The summed E-state index contributed by atoms with van der Waals surface area (Å²) in [6.45, 7) is 7.61. The van der Waals surface area contributed by atoms with Crippen LogP contribution < -0.4 is 5.32 Å². The van der Waals surface area contributed by atoms with Gasteiger partial charge >= 0.3 is 0 Å². The minimum absolute atomic E-state index is 0.385. The fourth-order valence-corrected chi connectivity index (χ4v) is 3.45. The molecule has 3 nitrogen and oxygen atoms in total. The Morgan fingerprint density at radius 2 is 2.14 bits per heavy atom. The van der Waals surface area contributed by atoms with Crippen molar-refractivity contribution >= 4 is 11.8 Å². The lowest BCUT2D eigenvalue weighted by Crippen LogP contribution is -2.24. The molecule has 0 fully saturated rings. The molecule has 1 N–H and O–H groups in total. The zero-order valence-corrected chi connectivity index (χ0v) is 14.2. The summed E-state index contributed by atoms with van der Waals surface area (Å²) in [4.78, 5) is 1.23. The Hall–Kier alpha value is -1.26. The van der Waals surface area contributed by atoms with E-state index in [-0.39, 0.29) is 0 Å². The molecule has 1 atom stereocenters. The fourth-order valence-electron chi connectivity index (χ4n) is 2.45. The number of thioether (sulfide) groups is 1. The molecule has 0 aliphatic rings. The van der Waals surface area contributed by atoms with Crippen LogP contribution in [-0.4, -0.2) is 22.1 Å². The molecule has 2 aromatic rings. The number of rotatable bonds is 7. The van der Waals surface area contributed by atoms with Gasteiger partial charge in [-0.15, -0.1) is 11.8 Å². The second kappa shape index (κ2) is 7.66. The van der Waals surface area contributed by atoms with Gasteiger partial charge in [0.05, 0.1) is 6.20 Å². The Bertz CT molecular complexity index is 577. The monoisotopic (exact) mass is 303 g/mol. The predicted molar refractivity (Wildman–Crippen MR) is 90.9 cm³/mol. The standard InChI is InChI=1S/C17H25N3S/c1-5-8-18-17(12-21-15-10-19-20(4)11-15)16-7-6-13(2)9-14(16)3/h6-7,9-11,17-18H,5,8,12H2,1-4H3. The van der Waals surface area contributed by atoms with Crippen molar-refractivity contribution in [2.75, 3.05) is 12.3 Å². The lowest BCUT2D eigenvalue weighted by atomic mass is 10.00. The van der Waals surface area contributed by atoms with Crippen LogP contribution in [0.1, 0.15) is 36.1 Å². The Morgan fingerprint density at radius 3 is 2.76 bits per heavy atom. The number of benzene rings is 1. The van der Waals surface area contributed by atoms with Crippen LogP contribution in [0.3, 0.4) is 0 Å². The average Bonchev–Trinajstić information content (AvgIpc) is 2.86. The van der Waals surface area contributed by atoms with E-state index in [1.165, 1.54) is 21.6 Å². The van der Waals surface area contributed by atoms with Gasteiger partial charge in [0, 0.05) is 29.9 Å². The number of hydrogen-bond acceptors (Lipinski definition) is 3. The Balaban J connectivity index is 2.09. The summed E-state index contributed by atoms with van der Waals surface area (Å²) in [5, 5.41) is 7.91. The van der Waals surface area contributed by atoms with Crippen LogP contribution in [0.2, 0.25) is 0 Å². The quantitative estimate of drug-likeness (QED) is 0.788. The van der Waals surface area contributed by atoms with Gasteiger partial charge in [-0.05, 0) is 37.9 Å². The van der Waals surface area contributed by atoms with Crippen molar-refractivity contribution in [1.29, 1.82) is 0 Å². The molecule has 0 spiro atoms. The van der Waals surface area contributed by atoms with Gasteiger partial charge < -0.3 is 5.32 Å². The largest absolute Gasteiger partial charge is 0.309 e. The zero-order chi connectivity index (χ0) is 15.2. The molecule has 0 aliphatic carbocycles. The van der Waals surface area contributed by atoms with E-state index in [4.69, 9.17) is 0 Å². The van der Waals surface area contributed by atoms with E-state index >= 15 is 0 Å². The third-order valence-corrected chi connectivity index (χ3v) is 4.58. The molecule has 0 saturated heterocycles. The lowest BCUT2D eigenvalue weighted by Gasteiger charge is -2.21. The molecule has 1 heterocycles. The first-order valence-electron chi connectivity index (χ1n) is 7.52. The third-order valence-electron chi connectivity index (χ3n) is 3.54. The Morgan fingerprint density at radius 1 is 1.33 bits per heavy atom. The van der Waals surface area contributed by atoms with Crippen LogP contribution in [0.25, 0.3) is 0 Å². The summed E-state index contributed by atoms with van der Waals surface area (Å²) in [7, 11) is 1.96. The summed E-state index contributed by atoms with van der Waals surface area (Å²) in [6.07, 6.45) is 5.16. The molecule has 1 unspecified atom stereocenters. The minimum Gasteiger partial charge on any atom is -0.309 e. The maximum absolute atomic E-state index is 4.23. The van der Waals surface area contributed by atoms with Gasteiger partial charge in [-0.3, -0.25) is 4.68 Å². The van der Waals surface area contributed by atoms with Crippen LogP contribution >= 0.6 is 11.8 Å². The van der Waals surface area contributed by atoms with E-state index in [1.54, 1.807) is 0 Å². The predicted octanol–water partition coefficient (Wildman–Crippen LogP) is 3.87. The van der Waals surface area contributed by atoms with E-state index in [1.807, 2.05) is 29.7 Å². The lowest BCUT2D eigenvalue weighted by molar-refractivity contribution is 0.575. The van der Waals surface area contributed by atoms with E-state index in [2.05, 4.69) is 55.6 Å². The van der Waals surface area contributed by atoms with Gasteiger partial charge in [-0.2, -0.15) is 5.10 Å². The average molecular weight is 303 g/mol.